The molecule has 0 aromatic heterocycles. The first-order chi connectivity index (χ1) is 13.7. The molecule has 2 bridgehead atoms. The van der Waals surface area contributed by atoms with Crippen molar-refractivity contribution in [3.05, 3.63) is 54.1 Å². The Labute approximate surface area is 189 Å². The van der Waals surface area contributed by atoms with Gasteiger partial charge in [-0.15, -0.1) is 24.0 Å². The van der Waals surface area contributed by atoms with Crippen LogP contribution in [0.1, 0.15) is 24.8 Å². The third-order valence-electron chi connectivity index (χ3n) is 5.33. The molecule has 6 nitrogen and oxygen atoms in total. The second kappa shape index (κ2) is 10.2. The monoisotopic (exact) mass is 509 g/mol. The van der Waals surface area contributed by atoms with E-state index in [0.29, 0.717) is 36.3 Å². The maximum atomic E-state index is 5.92. The molecule has 2 aromatic rings. The fourth-order valence-corrected chi connectivity index (χ4v) is 3.85. The highest BCUT2D eigenvalue weighted by atomic mass is 127. The van der Waals surface area contributed by atoms with Gasteiger partial charge in [0, 0.05) is 13.6 Å². The molecule has 0 aliphatic carbocycles. The molecular formula is C22H28IN3O3. The van der Waals surface area contributed by atoms with Crippen molar-refractivity contribution in [1.82, 2.24) is 10.6 Å². The number of rotatable bonds is 6. The van der Waals surface area contributed by atoms with Crippen molar-refractivity contribution in [2.24, 2.45) is 4.99 Å². The molecule has 2 aliphatic heterocycles. The summed E-state index contributed by atoms with van der Waals surface area (Å²) in [7, 11) is 3.44. The Morgan fingerprint density at radius 2 is 1.86 bits per heavy atom. The maximum absolute atomic E-state index is 5.92. The Balaban J connectivity index is 0.00000240. The van der Waals surface area contributed by atoms with Crippen LogP contribution < -0.4 is 20.1 Å². The lowest BCUT2D eigenvalue weighted by molar-refractivity contribution is 0.0992. The van der Waals surface area contributed by atoms with E-state index in [1.54, 1.807) is 14.2 Å². The van der Waals surface area contributed by atoms with Gasteiger partial charge in [-0.05, 0) is 49.1 Å². The molecule has 156 valence electrons. The Morgan fingerprint density at radius 1 is 1.10 bits per heavy atom. The van der Waals surface area contributed by atoms with Crippen LogP contribution in [-0.2, 0) is 11.3 Å². The summed E-state index contributed by atoms with van der Waals surface area (Å²) in [5, 5.41) is 6.88. The summed E-state index contributed by atoms with van der Waals surface area (Å²) in [6.45, 7) is 0.691. The van der Waals surface area contributed by atoms with Crippen molar-refractivity contribution in [3.63, 3.8) is 0 Å². The minimum Gasteiger partial charge on any atom is -0.493 e. The maximum Gasteiger partial charge on any atom is 0.191 e. The lowest BCUT2D eigenvalue weighted by Crippen LogP contribution is -2.47. The second-order valence-corrected chi connectivity index (χ2v) is 7.18. The lowest BCUT2D eigenvalue weighted by Gasteiger charge is -2.22. The van der Waals surface area contributed by atoms with E-state index in [1.807, 2.05) is 48.5 Å². The third kappa shape index (κ3) is 5.33. The minimum absolute atomic E-state index is 0. The lowest BCUT2D eigenvalue weighted by atomic mass is 9.96. The molecule has 2 aromatic carbocycles. The van der Waals surface area contributed by atoms with Crippen molar-refractivity contribution >= 4 is 29.9 Å². The van der Waals surface area contributed by atoms with E-state index < -0.39 is 0 Å². The molecule has 2 aliphatic rings. The third-order valence-corrected chi connectivity index (χ3v) is 5.33. The van der Waals surface area contributed by atoms with Gasteiger partial charge in [0.2, 0.25) is 0 Å². The Bertz CT molecular complexity index is 828. The van der Waals surface area contributed by atoms with Crippen LogP contribution in [0.15, 0.2) is 53.5 Å². The molecule has 2 N–H and O–H groups in total. The minimum atomic E-state index is 0. The highest BCUT2D eigenvalue weighted by Crippen LogP contribution is 2.34. The van der Waals surface area contributed by atoms with E-state index in [1.165, 1.54) is 6.42 Å². The van der Waals surface area contributed by atoms with Crippen molar-refractivity contribution in [2.45, 2.75) is 44.1 Å². The van der Waals surface area contributed by atoms with Gasteiger partial charge in [-0.2, -0.15) is 0 Å². The van der Waals surface area contributed by atoms with Gasteiger partial charge in [0.1, 0.15) is 5.75 Å². The van der Waals surface area contributed by atoms with E-state index in [0.717, 1.165) is 30.1 Å². The first-order valence-corrected chi connectivity index (χ1v) is 9.77. The van der Waals surface area contributed by atoms with Gasteiger partial charge in [-0.3, -0.25) is 4.99 Å². The van der Waals surface area contributed by atoms with Crippen molar-refractivity contribution < 1.29 is 14.2 Å². The van der Waals surface area contributed by atoms with Gasteiger partial charge in [0.15, 0.2) is 17.5 Å². The number of para-hydroxylation sites is 2. The van der Waals surface area contributed by atoms with E-state index in [2.05, 4.69) is 15.6 Å². The molecule has 3 unspecified atom stereocenters. The van der Waals surface area contributed by atoms with Crippen molar-refractivity contribution in [3.8, 4) is 17.2 Å². The standard InChI is InChI=1S/C22H27N3O3.HI/c1-23-22(25-18-13-17-11-12-19(18)28-17)24-14-15-7-9-16(10-8-15)27-21-6-4-3-5-20(21)26-2;/h3-10,17-19H,11-14H2,1-2H3,(H2,23,24,25);1H. The van der Waals surface area contributed by atoms with Crippen LogP contribution in [0.3, 0.4) is 0 Å². The van der Waals surface area contributed by atoms with Crippen LogP contribution in [0, 0.1) is 0 Å². The van der Waals surface area contributed by atoms with Crippen molar-refractivity contribution in [1.29, 1.82) is 0 Å². The summed E-state index contributed by atoms with van der Waals surface area (Å²) in [4.78, 5) is 4.34. The first kappa shape index (κ1) is 21.7. The van der Waals surface area contributed by atoms with Crippen molar-refractivity contribution in [2.75, 3.05) is 14.2 Å². The van der Waals surface area contributed by atoms with Gasteiger partial charge in [-0.1, -0.05) is 24.3 Å². The molecule has 0 radical (unpaired) electrons. The Kier molecular flexibility index (Phi) is 7.60. The fraction of sp³-hybridized carbons (Fsp3) is 0.409. The fourth-order valence-electron chi connectivity index (χ4n) is 3.85. The number of hydrogen-bond acceptors (Lipinski definition) is 4. The summed E-state index contributed by atoms with van der Waals surface area (Å²) >= 11 is 0. The van der Waals surface area contributed by atoms with Crippen LogP contribution in [0.2, 0.25) is 0 Å². The zero-order chi connectivity index (χ0) is 19.3. The molecule has 7 heteroatoms. The number of aliphatic imine (C=N–C) groups is 1. The van der Waals surface area contributed by atoms with Gasteiger partial charge in [0.05, 0.1) is 25.4 Å². The normalized spacial score (nSPS) is 22.7. The number of fused-ring (bicyclic) bond motifs is 2. The summed E-state index contributed by atoms with van der Waals surface area (Å²) in [6.07, 6.45) is 4.16. The predicted molar refractivity (Wildman–Crippen MR) is 125 cm³/mol. The average Bonchev–Trinajstić information content (AvgIpc) is 3.36. The number of halogens is 1. The molecule has 3 atom stereocenters. The molecule has 2 heterocycles. The summed E-state index contributed by atoms with van der Waals surface area (Å²) in [6, 6.07) is 16.0. The van der Waals surface area contributed by atoms with E-state index in [-0.39, 0.29) is 24.0 Å². The quantitative estimate of drug-likeness (QED) is 0.349. The number of nitrogens with zero attached hydrogens (tertiary/aromatic N) is 1. The molecule has 0 amide bonds. The van der Waals surface area contributed by atoms with E-state index in [9.17, 15) is 0 Å². The molecule has 2 fully saturated rings. The summed E-state index contributed by atoms with van der Waals surface area (Å²) in [5.74, 6) is 3.01. The zero-order valence-electron chi connectivity index (χ0n) is 16.8. The van der Waals surface area contributed by atoms with Gasteiger partial charge in [-0.25, -0.2) is 0 Å². The Morgan fingerprint density at radius 3 is 2.48 bits per heavy atom. The largest absolute Gasteiger partial charge is 0.493 e. The topological polar surface area (TPSA) is 64.1 Å². The number of methoxy groups -OCH3 is 1. The highest BCUT2D eigenvalue weighted by molar-refractivity contribution is 14.0. The van der Waals surface area contributed by atoms with Crippen LogP contribution in [0.25, 0.3) is 0 Å². The van der Waals surface area contributed by atoms with Crippen LogP contribution >= 0.6 is 24.0 Å². The molecule has 2 saturated heterocycles. The molecule has 4 rings (SSSR count). The number of guanidine groups is 1. The molecular weight excluding hydrogens is 481 g/mol. The summed E-state index contributed by atoms with van der Waals surface area (Å²) in [5.41, 5.74) is 1.15. The summed E-state index contributed by atoms with van der Waals surface area (Å²) < 4.78 is 17.2. The van der Waals surface area contributed by atoms with Crippen LogP contribution in [0.5, 0.6) is 17.2 Å². The molecule has 0 spiro atoms. The van der Waals surface area contributed by atoms with Crippen LogP contribution in [-0.4, -0.2) is 38.4 Å². The Hall–Kier alpha value is -2.00. The van der Waals surface area contributed by atoms with Crippen LogP contribution in [0.4, 0.5) is 0 Å². The second-order valence-electron chi connectivity index (χ2n) is 7.18. The van der Waals surface area contributed by atoms with E-state index >= 15 is 0 Å². The number of ether oxygens (including phenoxy) is 3. The number of benzene rings is 2. The number of nitrogens with one attached hydrogen (secondary N) is 2. The highest BCUT2D eigenvalue weighted by Gasteiger charge is 2.41. The van der Waals surface area contributed by atoms with Gasteiger partial charge >= 0.3 is 0 Å². The predicted octanol–water partition coefficient (Wildman–Crippen LogP) is 4.09. The van der Waals surface area contributed by atoms with Gasteiger partial charge < -0.3 is 24.8 Å². The smallest absolute Gasteiger partial charge is 0.191 e. The average molecular weight is 509 g/mol. The SMILES string of the molecule is CN=C(NCc1ccc(Oc2ccccc2OC)cc1)NC1CC2CCC1O2.I. The molecule has 29 heavy (non-hydrogen) atoms. The van der Waals surface area contributed by atoms with Gasteiger partial charge in [0.25, 0.3) is 0 Å². The first-order valence-electron chi connectivity index (χ1n) is 9.77. The zero-order valence-corrected chi connectivity index (χ0v) is 19.1. The molecule has 0 saturated carbocycles. The van der Waals surface area contributed by atoms with E-state index in [4.69, 9.17) is 14.2 Å². The number of hydrogen-bond donors (Lipinski definition) is 2.